The third-order valence-corrected chi connectivity index (χ3v) is 8.81. The van der Waals surface area contributed by atoms with Gasteiger partial charge < -0.3 is 19.1 Å². The van der Waals surface area contributed by atoms with Crippen molar-refractivity contribution >= 4 is 5.97 Å². The van der Waals surface area contributed by atoms with Crippen molar-refractivity contribution in [2.24, 2.45) is 5.92 Å². The molecule has 1 aliphatic heterocycles. The molecule has 3 aliphatic rings. The zero-order valence-corrected chi connectivity index (χ0v) is 21.8. The minimum absolute atomic E-state index is 0.0737. The topological polar surface area (TPSA) is 55.8 Å². The normalized spacial score (nSPS) is 25.8. The van der Waals surface area contributed by atoms with Crippen LogP contribution in [0.3, 0.4) is 0 Å². The van der Waals surface area contributed by atoms with Gasteiger partial charge in [-0.05, 0) is 67.3 Å². The van der Waals surface area contributed by atoms with Crippen molar-refractivity contribution in [1.82, 2.24) is 0 Å². The standard InChI is InChI=1S/C31H42NO4/c1-32(19-9-21-35-28-17-16-24-10-5-6-11-25(24)22-28)20-18-29(23-32)36-30(33)31(34,27-14-7-8-15-27)26-12-3-2-4-13-26/h2-4,12-13,16-17,22,27,29,34H,5-11,14-15,18-21,23H2,1H3/q+1. The quantitative estimate of drug-likeness (QED) is 0.298. The molecule has 2 aromatic carbocycles. The summed E-state index contributed by atoms with van der Waals surface area (Å²) in [5.41, 5.74) is 2.05. The first-order valence-corrected chi connectivity index (χ1v) is 14.0. The molecule has 0 bridgehead atoms. The summed E-state index contributed by atoms with van der Waals surface area (Å²) in [6.45, 7) is 3.46. The van der Waals surface area contributed by atoms with E-state index in [9.17, 15) is 9.90 Å². The molecule has 194 valence electrons. The Morgan fingerprint density at radius 2 is 1.75 bits per heavy atom. The number of benzene rings is 2. The third-order valence-electron chi connectivity index (χ3n) is 8.81. The van der Waals surface area contributed by atoms with Crippen LogP contribution in [0, 0.1) is 5.92 Å². The van der Waals surface area contributed by atoms with Gasteiger partial charge >= 0.3 is 5.97 Å². The van der Waals surface area contributed by atoms with Crippen LogP contribution in [0.15, 0.2) is 48.5 Å². The van der Waals surface area contributed by atoms with Crippen molar-refractivity contribution in [3.8, 4) is 5.75 Å². The van der Waals surface area contributed by atoms with Gasteiger partial charge in [0, 0.05) is 18.8 Å². The van der Waals surface area contributed by atoms with Gasteiger partial charge in [0.1, 0.15) is 12.3 Å². The van der Waals surface area contributed by atoms with Crippen molar-refractivity contribution in [2.45, 2.75) is 75.9 Å². The lowest BCUT2D eigenvalue weighted by Crippen LogP contribution is -2.47. The predicted molar refractivity (Wildman–Crippen MR) is 141 cm³/mol. The number of esters is 1. The van der Waals surface area contributed by atoms with E-state index in [0.29, 0.717) is 12.2 Å². The third kappa shape index (κ3) is 5.47. The summed E-state index contributed by atoms with van der Waals surface area (Å²) in [6.07, 6.45) is 10.4. The van der Waals surface area contributed by atoms with Gasteiger partial charge in [0.05, 0.1) is 26.7 Å². The first-order chi connectivity index (χ1) is 17.5. The van der Waals surface area contributed by atoms with Crippen LogP contribution < -0.4 is 4.74 Å². The Balaban J connectivity index is 1.13. The fourth-order valence-corrected chi connectivity index (χ4v) is 6.66. The molecular formula is C31H42NO4+. The molecule has 1 heterocycles. The van der Waals surface area contributed by atoms with E-state index in [1.54, 1.807) is 0 Å². The molecule has 1 saturated heterocycles. The summed E-state index contributed by atoms with van der Waals surface area (Å²) in [7, 11) is 2.24. The number of ether oxygens (including phenoxy) is 2. The van der Waals surface area contributed by atoms with Crippen LogP contribution in [0.2, 0.25) is 0 Å². The van der Waals surface area contributed by atoms with Gasteiger partial charge in [-0.25, -0.2) is 4.79 Å². The largest absolute Gasteiger partial charge is 0.493 e. The number of hydrogen-bond acceptors (Lipinski definition) is 4. The highest BCUT2D eigenvalue weighted by Gasteiger charge is 2.49. The summed E-state index contributed by atoms with van der Waals surface area (Å²) < 4.78 is 13.0. The van der Waals surface area contributed by atoms with E-state index in [1.807, 2.05) is 30.3 Å². The fraction of sp³-hybridized carbons (Fsp3) is 0.581. The zero-order valence-electron chi connectivity index (χ0n) is 21.8. The van der Waals surface area contributed by atoms with Crippen LogP contribution in [0.1, 0.15) is 68.1 Å². The Bertz CT molecular complexity index is 1030. The van der Waals surface area contributed by atoms with E-state index in [0.717, 1.165) is 68.4 Å². The van der Waals surface area contributed by atoms with Crippen LogP contribution in [-0.2, 0) is 28.0 Å². The number of nitrogens with zero attached hydrogens (tertiary/aromatic N) is 1. The van der Waals surface area contributed by atoms with Crippen molar-refractivity contribution in [1.29, 1.82) is 0 Å². The number of likely N-dealkylation sites (tertiary alicyclic amines) is 1. The number of quaternary nitrogens is 1. The van der Waals surface area contributed by atoms with Gasteiger partial charge in [0.15, 0.2) is 11.7 Å². The number of hydrogen-bond donors (Lipinski definition) is 1. The molecule has 2 aromatic rings. The number of likely N-dealkylation sites (N-methyl/N-ethyl adjacent to an activating group) is 1. The molecule has 1 saturated carbocycles. The number of aryl methyl sites for hydroxylation is 2. The Hall–Kier alpha value is -2.37. The van der Waals surface area contributed by atoms with E-state index in [-0.39, 0.29) is 12.0 Å². The first kappa shape index (κ1) is 25.3. The summed E-state index contributed by atoms with van der Waals surface area (Å²) >= 11 is 0. The van der Waals surface area contributed by atoms with Gasteiger partial charge in [0.2, 0.25) is 0 Å². The molecule has 0 radical (unpaired) electrons. The molecule has 0 spiro atoms. The second-order valence-corrected chi connectivity index (χ2v) is 11.5. The Labute approximate surface area is 216 Å². The van der Waals surface area contributed by atoms with Gasteiger partial charge in [0.25, 0.3) is 0 Å². The number of aliphatic hydroxyl groups is 1. The van der Waals surface area contributed by atoms with E-state index in [1.165, 1.54) is 36.8 Å². The lowest BCUT2D eigenvalue weighted by Gasteiger charge is -2.33. The van der Waals surface area contributed by atoms with Crippen LogP contribution >= 0.6 is 0 Å². The molecule has 5 rings (SSSR count). The molecule has 3 unspecified atom stereocenters. The lowest BCUT2D eigenvalue weighted by molar-refractivity contribution is -0.899. The maximum Gasteiger partial charge on any atom is 0.343 e. The highest BCUT2D eigenvalue weighted by Crippen LogP contribution is 2.42. The van der Waals surface area contributed by atoms with Crippen molar-refractivity contribution in [3.05, 3.63) is 65.2 Å². The van der Waals surface area contributed by atoms with Gasteiger partial charge in [-0.15, -0.1) is 0 Å². The lowest BCUT2D eigenvalue weighted by atomic mass is 9.80. The minimum Gasteiger partial charge on any atom is -0.493 e. The SMILES string of the molecule is C[N+]1(CCCOc2ccc3c(c2)CCCC3)CCC(OC(=O)C(O)(c2ccccc2)C2CCCC2)C1. The Morgan fingerprint density at radius 1 is 1.00 bits per heavy atom. The Morgan fingerprint density at radius 3 is 2.53 bits per heavy atom. The van der Waals surface area contributed by atoms with Crippen molar-refractivity contribution in [3.63, 3.8) is 0 Å². The van der Waals surface area contributed by atoms with Gasteiger partial charge in [-0.2, -0.15) is 0 Å². The highest BCUT2D eigenvalue weighted by atomic mass is 16.6. The van der Waals surface area contributed by atoms with Crippen molar-refractivity contribution < 1.29 is 23.9 Å². The molecule has 0 amide bonds. The summed E-state index contributed by atoms with van der Waals surface area (Å²) in [5, 5.41) is 11.7. The van der Waals surface area contributed by atoms with Gasteiger partial charge in [-0.3, -0.25) is 0 Å². The first-order valence-electron chi connectivity index (χ1n) is 14.0. The van der Waals surface area contributed by atoms with Crippen LogP contribution in [0.25, 0.3) is 0 Å². The number of rotatable bonds is 9. The maximum absolute atomic E-state index is 13.4. The number of carbonyl (C=O) groups excluding carboxylic acids is 1. The van der Waals surface area contributed by atoms with Crippen LogP contribution in [-0.4, -0.2) is 55.0 Å². The Kier molecular flexibility index (Phi) is 7.68. The van der Waals surface area contributed by atoms with E-state index in [2.05, 4.69) is 25.2 Å². The molecule has 3 atom stereocenters. The predicted octanol–water partition coefficient (Wildman–Crippen LogP) is 5.17. The van der Waals surface area contributed by atoms with Crippen LogP contribution in [0.4, 0.5) is 0 Å². The average Bonchev–Trinajstić information content (AvgIpc) is 3.57. The summed E-state index contributed by atoms with van der Waals surface area (Å²) in [6, 6.07) is 16.0. The molecule has 0 aromatic heterocycles. The summed E-state index contributed by atoms with van der Waals surface area (Å²) in [4.78, 5) is 13.4. The molecule has 5 heteroatoms. The van der Waals surface area contributed by atoms with E-state index < -0.39 is 11.6 Å². The smallest absolute Gasteiger partial charge is 0.343 e. The molecule has 2 fully saturated rings. The van der Waals surface area contributed by atoms with Gasteiger partial charge in [-0.1, -0.05) is 49.2 Å². The van der Waals surface area contributed by atoms with Crippen LogP contribution in [0.5, 0.6) is 5.75 Å². The van der Waals surface area contributed by atoms with Crippen molar-refractivity contribution in [2.75, 3.05) is 33.3 Å². The molecular weight excluding hydrogens is 450 g/mol. The number of carbonyl (C=O) groups is 1. The second kappa shape index (κ2) is 10.9. The van der Waals surface area contributed by atoms with E-state index in [4.69, 9.17) is 9.47 Å². The summed E-state index contributed by atoms with van der Waals surface area (Å²) in [5.74, 6) is 0.448. The molecule has 1 N–H and O–H groups in total. The monoisotopic (exact) mass is 492 g/mol. The average molecular weight is 493 g/mol. The second-order valence-electron chi connectivity index (χ2n) is 11.5. The highest BCUT2D eigenvalue weighted by molar-refractivity contribution is 5.81. The fourth-order valence-electron chi connectivity index (χ4n) is 6.66. The minimum atomic E-state index is -1.55. The maximum atomic E-state index is 13.4. The van der Waals surface area contributed by atoms with E-state index >= 15 is 0 Å². The zero-order chi connectivity index (χ0) is 25.0. The molecule has 5 nitrogen and oxygen atoms in total. The molecule has 2 aliphatic carbocycles. The molecule has 36 heavy (non-hydrogen) atoms. The number of fused-ring (bicyclic) bond motifs is 1.